The predicted octanol–water partition coefficient (Wildman–Crippen LogP) is 3.88. The van der Waals surface area contributed by atoms with Crippen molar-refractivity contribution in [3.8, 4) is 0 Å². The van der Waals surface area contributed by atoms with E-state index in [4.69, 9.17) is 4.42 Å². The third-order valence-electron chi connectivity index (χ3n) is 2.83. The maximum atomic E-state index is 13.5. The van der Waals surface area contributed by atoms with Gasteiger partial charge in [0.15, 0.2) is 3.77 Å². The third kappa shape index (κ3) is 4.01. The molecule has 1 aromatic carbocycles. The zero-order chi connectivity index (χ0) is 13.8. The van der Waals surface area contributed by atoms with E-state index < -0.39 is 11.6 Å². The van der Waals surface area contributed by atoms with E-state index >= 15 is 0 Å². The van der Waals surface area contributed by atoms with Crippen LogP contribution in [-0.2, 0) is 13.0 Å². The molecule has 102 valence electrons. The molecule has 0 aliphatic rings. The van der Waals surface area contributed by atoms with Crippen molar-refractivity contribution in [2.24, 2.45) is 0 Å². The maximum Gasteiger partial charge on any atom is 0.164 e. The van der Waals surface area contributed by atoms with Gasteiger partial charge in [0.2, 0.25) is 0 Å². The van der Waals surface area contributed by atoms with Gasteiger partial charge in [-0.3, -0.25) is 0 Å². The van der Waals surface area contributed by atoms with Crippen LogP contribution in [0.15, 0.2) is 34.7 Å². The molecule has 19 heavy (non-hydrogen) atoms. The van der Waals surface area contributed by atoms with Gasteiger partial charge in [-0.1, -0.05) is 6.07 Å². The Morgan fingerprint density at radius 2 is 1.89 bits per heavy atom. The number of hydrogen-bond donors (Lipinski definition) is 1. The first-order valence-corrected chi connectivity index (χ1v) is 7.04. The van der Waals surface area contributed by atoms with Gasteiger partial charge in [0.25, 0.3) is 0 Å². The van der Waals surface area contributed by atoms with Gasteiger partial charge in [-0.15, -0.1) is 0 Å². The lowest BCUT2D eigenvalue weighted by Crippen LogP contribution is -2.28. The van der Waals surface area contributed by atoms with Crippen LogP contribution in [0.25, 0.3) is 0 Å². The van der Waals surface area contributed by atoms with Crippen LogP contribution in [0.3, 0.4) is 0 Å². The van der Waals surface area contributed by atoms with Crippen molar-refractivity contribution < 1.29 is 13.2 Å². The van der Waals surface area contributed by atoms with Gasteiger partial charge in [0, 0.05) is 11.6 Å². The van der Waals surface area contributed by atoms with Crippen molar-refractivity contribution in [3.63, 3.8) is 0 Å². The Bertz CT molecular complexity index is 536. The summed E-state index contributed by atoms with van der Waals surface area (Å²) in [5, 5.41) is 3.18. The molecule has 2 rings (SSSR count). The Morgan fingerprint density at radius 3 is 2.47 bits per heavy atom. The average molecular weight is 377 g/mol. The van der Waals surface area contributed by atoms with Gasteiger partial charge in [-0.25, -0.2) is 8.78 Å². The number of benzene rings is 1. The molecule has 0 aliphatic carbocycles. The fourth-order valence-electron chi connectivity index (χ4n) is 1.83. The maximum absolute atomic E-state index is 13.5. The summed E-state index contributed by atoms with van der Waals surface area (Å²) in [5.41, 5.74) is 0.122. The number of nitrogens with one attached hydrogen (secondary N) is 1. The predicted molar refractivity (Wildman–Crippen MR) is 77.8 cm³/mol. The molecule has 0 aliphatic heterocycles. The molecule has 1 aromatic heterocycles. The van der Waals surface area contributed by atoms with Gasteiger partial charge in [-0.2, -0.15) is 0 Å². The summed E-state index contributed by atoms with van der Waals surface area (Å²) in [7, 11) is 0. The Labute approximate surface area is 124 Å². The Hall–Kier alpha value is -0.950. The molecule has 1 heterocycles. The first-order valence-electron chi connectivity index (χ1n) is 5.96. The molecule has 5 heteroatoms. The highest BCUT2D eigenvalue weighted by molar-refractivity contribution is 14.1. The summed E-state index contributed by atoms with van der Waals surface area (Å²) in [6.45, 7) is 2.43. The molecule has 0 saturated heterocycles. The first-order chi connectivity index (χ1) is 9.06. The van der Waals surface area contributed by atoms with Crippen molar-refractivity contribution in [1.29, 1.82) is 0 Å². The van der Waals surface area contributed by atoms with Crippen LogP contribution in [0.1, 0.15) is 18.2 Å². The third-order valence-corrected chi connectivity index (χ3v) is 3.41. The molecule has 0 fully saturated rings. The molecule has 0 saturated carbocycles. The molecule has 0 radical (unpaired) electrons. The minimum atomic E-state index is -0.499. The molecule has 1 N–H and O–H groups in total. The fraction of sp³-hybridized carbons (Fsp3) is 0.286. The quantitative estimate of drug-likeness (QED) is 0.801. The Morgan fingerprint density at radius 1 is 1.21 bits per heavy atom. The van der Waals surface area contributed by atoms with E-state index in [0.29, 0.717) is 13.0 Å². The van der Waals surface area contributed by atoms with Gasteiger partial charge in [0.1, 0.15) is 17.4 Å². The van der Waals surface area contributed by atoms with Crippen LogP contribution >= 0.6 is 22.6 Å². The van der Waals surface area contributed by atoms with Crippen molar-refractivity contribution in [2.75, 3.05) is 0 Å². The number of halogens is 3. The first kappa shape index (κ1) is 14.5. The molecular weight excluding hydrogens is 363 g/mol. The highest BCUT2D eigenvalue weighted by atomic mass is 127. The molecule has 2 nitrogen and oxygen atoms in total. The largest absolute Gasteiger partial charge is 0.454 e. The lowest BCUT2D eigenvalue weighted by Gasteiger charge is -2.14. The molecule has 1 unspecified atom stereocenters. The van der Waals surface area contributed by atoms with Crippen LogP contribution in [0, 0.1) is 15.4 Å². The highest BCUT2D eigenvalue weighted by Crippen LogP contribution is 2.15. The molecule has 1 atom stereocenters. The number of rotatable bonds is 5. The molecule has 0 amide bonds. The summed E-state index contributed by atoms with van der Waals surface area (Å²) >= 11 is 2.09. The van der Waals surface area contributed by atoms with Crippen LogP contribution in [0.2, 0.25) is 0 Å². The van der Waals surface area contributed by atoms with Gasteiger partial charge >= 0.3 is 0 Å². The summed E-state index contributed by atoms with van der Waals surface area (Å²) < 4.78 is 33.2. The van der Waals surface area contributed by atoms with E-state index in [0.717, 1.165) is 9.53 Å². The summed E-state index contributed by atoms with van der Waals surface area (Å²) in [6.07, 6.45) is 0.302. The fourth-order valence-corrected chi connectivity index (χ4v) is 2.29. The average Bonchev–Trinajstić information content (AvgIpc) is 2.77. The van der Waals surface area contributed by atoms with E-state index in [-0.39, 0.29) is 11.6 Å². The molecule has 0 bridgehead atoms. The SMILES string of the molecule is CC(Cc1c(F)cccc1F)NCc1ccc(I)o1. The summed E-state index contributed by atoms with van der Waals surface area (Å²) in [6, 6.07) is 7.63. The smallest absolute Gasteiger partial charge is 0.164 e. The van der Waals surface area contributed by atoms with Crippen molar-refractivity contribution in [2.45, 2.75) is 25.9 Å². The van der Waals surface area contributed by atoms with E-state index in [1.807, 2.05) is 19.1 Å². The van der Waals surface area contributed by atoms with E-state index in [1.165, 1.54) is 18.2 Å². The van der Waals surface area contributed by atoms with E-state index in [2.05, 4.69) is 27.9 Å². The molecule has 0 spiro atoms. The normalized spacial score (nSPS) is 12.6. The Balaban J connectivity index is 1.92. The highest BCUT2D eigenvalue weighted by Gasteiger charge is 2.12. The second kappa shape index (κ2) is 6.47. The molecule has 2 aromatic rings. The number of hydrogen-bond acceptors (Lipinski definition) is 2. The standard InChI is InChI=1S/C14H14F2INO/c1-9(18-8-10-5-6-14(17)19-10)7-11-12(15)3-2-4-13(11)16/h2-6,9,18H,7-8H2,1H3. The van der Waals surface area contributed by atoms with Gasteiger partial charge < -0.3 is 9.73 Å². The summed E-state index contributed by atoms with van der Waals surface area (Å²) in [4.78, 5) is 0. The van der Waals surface area contributed by atoms with Crippen LogP contribution in [-0.4, -0.2) is 6.04 Å². The zero-order valence-corrected chi connectivity index (χ0v) is 12.6. The second-order valence-corrected chi connectivity index (χ2v) is 5.46. The second-order valence-electron chi connectivity index (χ2n) is 4.39. The minimum Gasteiger partial charge on any atom is -0.454 e. The van der Waals surface area contributed by atoms with E-state index in [9.17, 15) is 8.78 Å². The van der Waals surface area contributed by atoms with Gasteiger partial charge in [0.05, 0.1) is 6.54 Å². The summed E-state index contributed by atoms with van der Waals surface area (Å²) in [5.74, 6) is -0.187. The Kier molecular flexibility index (Phi) is 4.93. The minimum absolute atomic E-state index is 0.0471. The monoisotopic (exact) mass is 377 g/mol. The molecular formula is C14H14F2INO. The topological polar surface area (TPSA) is 25.2 Å². The van der Waals surface area contributed by atoms with Crippen molar-refractivity contribution >= 4 is 22.6 Å². The number of furan rings is 1. The van der Waals surface area contributed by atoms with Crippen molar-refractivity contribution in [3.05, 3.63) is 57.1 Å². The van der Waals surface area contributed by atoms with E-state index in [1.54, 1.807) is 0 Å². The lowest BCUT2D eigenvalue weighted by atomic mass is 10.1. The van der Waals surface area contributed by atoms with Crippen LogP contribution in [0.5, 0.6) is 0 Å². The van der Waals surface area contributed by atoms with Crippen molar-refractivity contribution in [1.82, 2.24) is 5.32 Å². The van der Waals surface area contributed by atoms with Crippen LogP contribution < -0.4 is 5.32 Å². The van der Waals surface area contributed by atoms with Gasteiger partial charge in [-0.05, 0) is 60.2 Å². The lowest BCUT2D eigenvalue weighted by molar-refractivity contribution is 0.434. The zero-order valence-electron chi connectivity index (χ0n) is 10.4. The van der Waals surface area contributed by atoms with Crippen LogP contribution in [0.4, 0.5) is 8.78 Å².